The maximum absolute atomic E-state index is 10.8. The predicted molar refractivity (Wildman–Crippen MR) is 72.2 cm³/mol. The van der Waals surface area contributed by atoms with E-state index in [9.17, 15) is 4.79 Å². The van der Waals surface area contributed by atoms with Crippen molar-refractivity contribution in [3.63, 3.8) is 0 Å². The van der Waals surface area contributed by atoms with Gasteiger partial charge in [0, 0.05) is 18.2 Å². The Morgan fingerprint density at radius 2 is 1.95 bits per heavy atom. The largest absolute Gasteiger partial charge is 0.497 e. The zero-order valence-corrected chi connectivity index (χ0v) is 11.8. The van der Waals surface area contributed by atoms with E-state index in [4.69, 9.17) is 15.2 Å². The standard InChI is InChI=1S/C11H13N5O3S/c1-18-8-3-7(4-9(5-8)19-2)16-11(13-14-15-16)20-6-10(12)17/h3-5H,6H2,1-2H3,(H2,12,17). The fraction of sp³-hybridized carbons (Fsp3) is 0.273. The van der Waals surface area contributed by atoms with Gasteiger partial charge in [0.15, 0.2) is 0 Å². The number of amides is 1. The van der Waals surface area contributed by atoms with Gasteiger partial charge in [-0.15, -0.1) is 5.10 Å². The van der Waals surface area contributed by atoms with E-state index in [0.717, 1.165) is 11.8 Å². The summed E-state index contributed by atoms with van der Waals surface area (Å²) >= 11 is 1.15. The highest BCUT2D eigenvalue weighted by molar-refractivity contribution is 7.99. The van der Waals surface area contributed by atoms with E-state index in [2.05, 4.69) is 15.5 Å². The Kier molecular flexibility index (Phi) is 4.41. The molecule has 0 unspecified atom stereocenters. The van der Waals surface area contributed by atoms with E-state index >= 15 is 0 Å². The lowest BCUT2D eigenvalue weighted by Gasteiger charge is -2.09. The highest BCUT2D eigenvalue weighted by Gasteiger charge is 2.12. The van der Waals surface area contributed by atoms with Crippen molar-refractivity contribution in [2.45, 2.75) is 5.16 Å². The third-order valence-corrected chi connectivity index (χ3v) is 3.31. The van der Waals surface area contributed by atoms with Gasteiger partial charge in [0.25, 0.3) is 0 Å². The maximum atomic E-state index is 10.8. The molecule has 0 spiro atoms. The van der Waals surface area contributed by atoms with Gasteiger partial charge in [-0.1, -0.05) is 11.8 Å². The molecule has 8 nitrogen and oxygen atoms in total. The summed E-state index contributed by atoms with van der Waals surface area (Å²) in [5.41, 5.74) is 5.78. The highest BCUT2D eigenvalue weighted by Crippen LogP contribution is 2.26. The minimum atomic E-state index is -0.437. The molecule has 0 saturated heterocycles. The number of carbonyl (C=O) groups excluding carboxylic acids is 1. The van der Waals surface area contributed by atoms with Gasteiger partial charge < -0.3 is 15.2 Å². The summed E-state index contributed by atoms with van der Waals surface area (Å²) in [7, 11) is 3.11. The molecule has 1 amide bonds. The number of primary amides is 1. The number of carbonyl (C=O) groups is 1. The van der Waals surface area contributed by atoms with Crippen LogP contribution in [0, 0.1) is 0 Å². The van der Waals surface area contributed by atoms with Crippen LogP contribution >= 0.6 is 11.8 Å². The number of ether oxygens (including phenoxy) is 2. The molecule has 0 aliphatic heterocycles. The third-order valence-electron chi connectivity index (χ3n) is 2.37. The lowest BCUT2D eigenvalue weighted by molar-refractivity contribution is -0.115. The Labute approximate surface area is 119 Å². The topological polar surface area (TPSA) is 105 Å². The van der Waals surface area contributed by atoms with Crippen molar-refractivity contribution < 1.29 is 14.3 Å². The molecular formula is C11H13N5O3S. The first-order chi connectivity index (χ1) is 9.63. The molecule has 0 aliphatic rings. The van der Waals surface area contributed by atoms with Crippen molar-refractivity contribution in [2.24, 2.45) is 5.73 Å². The Bertz CT molecular complexity index is 594. The van der Waals surface area contributed by atoms with Crippen molar-refractivity contribution >= 4 is 17.7 Å². The van der Waals surface area contributed by atoms with Crippen molar-refractivity contribution in [2.75, 3.05) is 20.0 Å². The number of nitrogens with zero attached hydrogens (tertiary/aromatic N) is 4. The Balaban J connectivity index is 2.36. The lowest BCUT2D eigenvalue weighted by atomic mass is 10.3. The first kappa shape index (κ1) is 14.1. The average molecular weight is 295 g/mol. The molecule has 2 aromatic rings. The summed E-state index contributed by atoms with van der Waals surface area (Å²) in [6, 6.07) is 5.25. The van der Waals surface area contributed by atoms with Crippen LogP contribution in [-0.2, 0) is 4.79 Å². The van der Waals surface area contributed by atoms with Crippen LogP contribution in [0.25, 0.3) is 5.69 Å². The third kappa shape index (κ3) is 3.18. The summed E-state index contributed by atoms with van der Waals surface area (Å²) in [5, 5.41) is 11.8. The summed E-state index contributed by atoms with van der Waals surface area (Å²) in [5.74, 6) is 0.885. The monoisotopic (exact) mass is 295 g/mol. The lowest BCUT2D eigenvalue weighted by Crippen LogP contribution is -2.13. The van der Waals surface area contributed by atoms with Gasteiger partial charge in [-0.2, -0.15) is 4.68 Å². The second-order valence-electron chi connectivity index (χ2n) is 3.70. The second-order valence-corrected chi connectivity index (χ2v) is 4.64. The Morgan fingerprint density at radius 1 is 1.30 bits per heavy atom. The number of hydrogen-bond acceptors (Lipinski definition) is 7. The molecule has 0 fully saturated rings. The Morgan fingerprint density at radius 3 is 2.50 bits per heavy atom. The van der Waals surface area contributed by atoms with Crippen molar-refractivity contribution in [3.8, 4) is 17.2 Å². The van der Waals surface area contributed by atoms with Gasteiger partial charge in [0.05, 0.1) is 25.7 Å². The maximum Gasteiger partial charge on any atom is 0.227 e. The zero-order valence-electron chi connectivity index (χ0n) is 10.9. The quantitative estimate of drug-likeness (QED) is 0.762. The van der Waals surface area contributed by atoms with E-state index in [0.29, 0.717) is 22.3 Å². The number of thioether (sulfide) groups is 1. The summed E-state index contributed by atoms with van der Waals surface area (Å²) < 4.78 is 11.9. The van der Waals surface area contributed by atoms with Gasteiger partial charge in [-0.05, 0) is 10.4 Å². The summed E-state index contributed by atoms with van der Waals surface area (Å²) in [6.07, 6.45) is 0. The number of tetrazole rings is 1. The number of hydrogen-bond donors (Lipinski definition) is 1. The fourth-order valence-corrected chi connectivity index (χ4v) is 2.11. The van der Waals surface area contributed by atoms with Gasteiger partial charge in [-0.3, -0.25) is 4.79 Å². The smallest absolute Gasteiger partial charge is 0.227 e. The van der Waals surface area contributed by atoms with Crippen LogP contribution < -0.4 is 15.2 Å². The molecule has 0 aliphatic carbocycles. The van der Waals surface area contributed by atoms with Crippen LogP contribution in [0.15, 0.2) is 23.4 Å². The first-order valence-corrected chi connectivity index (χ1v) is 6.55. The highest BCUT2D eigenvalue weighted by atomic mass is 32.2. The second kappa shape index (κ2) is 6.24. The van der Waals surface area contributed by atoms with Crippen molar-refractivity contribution in [1.29, 1.82) is 0 Å². The van der Waals surface area contributed by atoms with E-state index in [1.165, 1.54) is 4.68 Å². The van der Waals surface area contributed by atoms with Crippen LogP contribution in [0.5, 0.6) is 11.5 Å². The first-order valence-electron chi connectivity index (χ1n) is 5.57. The van der Waals surface area contributed by atoms with Crippen LogP contribution in [0.2, 0.25) is 0 Å². The SMILES string of the molecule is COc1cc(OC)cc(-n2nnnc2SCC(N)=O)c1. The normalized spacial score (nSPS) is 10.3. The van der Waals surface area contributed by atoms with Gasteiger partial charge in [0.2, 0.25) is 11.1 Å². The number of nitrogens with two attached hydrogens (primary N) is 1. The average Bonchev–Trinajstić information content (AvgIpc) is 2.92. The van der Waals surface area contributed by atoms with Crippen LogP contribution in [-0.4, -0.2) is 46.1 Å². The minimum Gasteiger partial charge on any atom is -0.497 e. The number of benzene rings is 1. The van der Waals surface area contributed by atoms with Crippen LogP contribution in [0.3, 0.4) is 0 Å². The van der Waals surface area contributed by atoms with Crippen molar-refractivity contribution in [1.82, 2.24) is 20.2 Å². The molecule has 0 atom stereocenters. The van der Waals surface area contributed by atoms with Gasteiger partial charge in [0.1, 0.15) is 11.5 Å². The molecule has 1 aromatic carbocycles. The molecule has 0 saturated carbocycles. The summed E-state index contributed by atoms with van der Waals surface area (Å²) in [6.45, 7) is 0. The molecule has 1 heterocycles. The van der Waals surface area contributed by atoms with Crippen LogP contribution in [0.1, 0.15) is 0 Å². The molecule has 2 N–H and O–H groups in total. The zero-order chi connectivity index (χ0) is 14.5. The van der Waals surface area contributed by atoms with Gasteiger partial charge in [-0.25, -0.2) is 0 Å². The molecular weight excluding hydrogens is 282 g/mol. The van der Waals surface area contributed by atoms with E-state index in [1.54, 1.807) is 32.4 Å². The molecule has 9 heteroatoms. The Hall–Kier alpha value is -2.29. The van der Waals surface area contributed by atoms with E-state index in [1.807, 2.05) is 0 Å². The molecule has 20 heavy (non-hydrogen) atoms. The molecule has 0 radical (unpaired) electrons. The number of aromatic nitrogens is 4. The number of rotatable bonds is 6. The molecule has 2 rings (SSSR count). The van der Waals surface area contributed by atoms with Crippen molar-refractivity contribution in [3.05, 3.63) is 18.2 Å². The van der Waals surface area contributed by atoms with Crippen LogP contribution in [0.4, 0.5) is 0 Å². The fourth-order valence-electron chi connectivity index (χ4n) is 1.48. The molecule has 1 aromatic heterocycles. The molecule has 106 valence electrons. The summed E-state index contributed by atoms with van der Waals surface area (Å²) in [4.78, 5) is 10.8. The minimum absolute atomic E-state index is 0.0987. The molecule has 0 bridgehead atoms. The number of methoxy groups -OCH3 is 2. The predicted octanol–water partition coefficient (Wildman–Crippen LogP) is 0.257. The van der Waals surface area contributed by atoms with E-state index < -0.39 is 5.91 Å². The van der Waals surface area contributed by atoms with E-state index in [-0.39, 0.29) is 5.75 Å². The van der Waals surface area contributed by atoms with Gasteiger partial charge >= 0.3 is 0 Å².